The third kappa shape index (κ3) is 4.60. The van der Waals surface area contributed by atoms with Gasteiger partial charge in [0.15, 0.2) is 0 Å². The molecule has 0 atom stereocenters. The predicted molar refractivity (Wildman–Crippen MR) is 87.2 cm³/mol. The molecule has 1 aromatic carbocycles. The summed E-state index contributed by atoms with van der Waals surface area (Å²) in [5, 5.41) is 5.14. The summed E-state index contributed by atoms with van der Waals surface area (Å²) in [7, 11) is 1.66. The van der Waals surface area contributed by atoms with Crippen LogP contribution in [0.3, 0.4) is 0 Å². The molecular formula is C16H21ClN2O2. The van der Waals surface area contributed by atoms with Gasteiger partial charge in [-0.2, -0.15) is 0 Å². The number of hydrogen-bond donors (Lipinski definition) is 1. The SMILES string of the molecule is CCCC(=O)NCCc1cncc2ccc(OC)cc12.Cl. The molecule has 1 aromatic heterocycles. The van der Waals surface area contributed by atoms with Crippen molar-refractivity contribution >= 4 is 29.1 Å². The summed E-state index contributed by atoms with van der Waals surface area (Å²) in [4.78, 5) is 15.7. The number of hydrogen-bond acceptors (Lipinski definition) is 3. The van der Waals surface area contributed by atoms with E-state index in [0.29, 0.717) is 13.0 Å². The van der Waals surface area contributed by atoms with E-state index in [2.05, 4.69) is 10.3 Å². The van der Waals surface area contributed by atoms with Crippen LogP contribution >= 0.6 is 12.4 Å². The fraction of sp³-hybridized carbons (Fsp3) is 0.375. The molecule has 5 heteroatoms. The zero-order valence-electron chi connectivity index (χ0n) is 12.4. The van der Waals surface area contributed by atoms with Crippen LogP contribution in [0.25, 0.3) is 10.8 Å². The first kappa shape index (κ1) is 17.2. The van der Waals surface area contributed by atoms with Crippen molar-refractivity contribution in [3.05, 3.63) is 36.2 Å². The highest BCUT2D eigenvalue weighted by atomic mass is 35.5. The van der Waals surface area contributed by atoms with Gasteiger partial charge in [-0.25, -0.2) is 0 Å². The maximum Gasteiger partial charge on any atom is 0.219 e. The smallest absolute Gasteiger partial charge is 0.219 e. The number of halogens is 1. The van der Waals surface area contributed by atoms with Crippen molar-refractivity contribution in [1.29, 1.82) is 0 Å². The van der Waals surface area contributed by atoms with Crippen LogP contribution in [0.1, 0.15) is 25.3 Å². The van der Waals surface area contributed by atoms with Crippen LogP contribution in [-0.2, 0) is 11.2 Å². The second-order valence-electron chi connectivity index (χ2n) is 4.74. The van der Waals surface area contributed by atoms with Crippen LogP contribution in [0.2, 0.25) is 0 Å². The van der Waals surface area contributed by atoms with Crippen LogP contribution in [0.15, 0.2) is 30.6 Å². The number of nitrogens with zero attached hydrogens (tertiary/aromatic N) is 1. The molecule has 2 rings (SSSR count). The van der Waals surface area contributed by atoms with Crippen molar-refractivity contribution in [2.45, 2.75) is 26.2 Å². The molecule has 0 unspecified atom stereocenters. The second-order valence-corrected chi connectivity index (χ2v) is 4.74. The van der Waals surface area contributed by atoms with Crippen LogP contribution < -0.4 is 10.1 Å². The van der Waals surface area contributed by atoms with Gasteiger partial charge in [-0.1, -0.05) is 6.92 Å². The minimum absolute atomic E-state index is 0. The number of pyridine rings is 1. The standard InChI is InChI=1S/C16H20N2O2.ClH/c1-3-4-16(19)18-8-7-13-11-17-10-12-5-6-14(20-2)9-15(12)13;/h5-6,9-11H,3-4,7-8H2,1-2H3,(H,18,19);1H. The van der Waals surface area contributed by atoms with Gasteiger partial charge < -0.3 is 10.1 Å². The molecule has 0 radical (unpaired) electrons. The highest BCUT2D eigenvalue weighted by Gasteiger charge is 2.04. The number of rotatable bonds is 6. The average molecular weight is 309 g/mol. The van der Waals surface area contributed by atoms with Crippen molar-refractivity contribution in [3.8, 4) is 5.75 Å². The van der Waals surface area contributed by atoms with E-state index < -0.39 is 0 Å². The zero-order valence-corrected chi connectivity index (χ0v) is 13.2. The highest BCUT2D eigenvalue weighted by Crippen LogP contribution is 2.23. The molecule has 0 aliphatic carbocycles. The normalized spacial score (nSPS) is 10.0. The molecular weight excluding hydrogens is 288 g/mol. The summed E-state index contributed by atoms with van der Waals surface area (Å²) in [5.41, 5.74) is 1.12. The van der Waals surface area contributed by atoms with E-state index in [0.717, 1.165) is 34.9 Å². The lowest BCUT2D eigenvalue weighted by atomic mass is 10.1. The molecule has 4 nitrogen and oxygen atoms in total. The van der Waals surface area contributed by atoms with Crippen molar-refractivity contribution in [3.63, 3.8) is 0 Å². The van der Waals surface area contributed by atoms with Gasteiger partial charge in [0.1, 0.15) is 5.75 Å². The lowest BCUT2D eigenvalue weighted by Crippen LogP contribution is -2.25. The second kappa shape index (κ2) is 8.47. The Hall–Kier alpha value is -1.81. The number of methoxy groups -OCH3 is 1. The van der Waals surface area contributed by atoms with Crippen LogP contribution in [0.4, 0.5) is 0 Å². The summed E-state index contributed by atoms with van der Waals surface area (Å²) in [6.07, 6.45) is 5.93. The van der Waals surface area contributed by atoms with Crippen LogP contribution in [0.5, 0.6) is 5.75 Å². The van der Waals surface area contributed by atoms with E-state index in [-0.39, 0.29) is 18.3 Å². The van der Waals surface area contributed by atoms with Crippen molar-refractivity contribution in [2.75, 3.05) is 13.7 Å². The predicted octanol–water partition coefficient (Wildman–Crippen LogP) is 3.12. The number of amides is 1. The van der Waals surface area contributed by atoms with Gasteiger partial charge in [-0.3, -0.25) is 9.78 Å². The number of carbonyl (C=O) groups excluding carboxylic acids is 1. The number of nitrogens with one attached hydrogen (secondary N) is 1. The fourth-order valence-corrected chi connectivity index (χ4v) is 2.18. The summed E-state index contributed by atoms with van der Waals surface area (Å²) < 4.78 is 5.26. The van der Waals surface area contributed by atoms with Gasteiger partial charge in [0.2, 0.25) is 5.91 Å². The molecule has 1 amide bonds. The van der Waals surface area contributed by atoms with Crippen LogP contribution in [-0.4, -0.2) is 24.5 Å². The molecule has 0 aliphatic heterocycles. The van der Waals surface area contributed by atoms with Gasteiger partial charge in [-0.15, -0.1) is 12.4 Å². The molecule has 1 N–H and O–H groups in total. The molecule has 2 aromatic rings. The largest absolute Gasteiger partial charge is 0.497 e. The Morgan fingerprint density at radius 2 is 2.14 bits per heavy atom. The number of ether oxygens (including phenoxy) is 1. The van der Waals surface area contributed by atoms with Crippen LogP contribution in [0, 0.1) is 0 Å². The Morgan fingerprint density at radius 3 is 2.86 bits per heavy atom. The first-order valence-electron chi connectivity index (χ1n) is 6.92. The Bertz CT molecular complexity index is 602. The fourth-order valence-electron chi connectivity index (χ4n) is 2.18. The summed E-state index contributed by atoms with van der Waals surface area (Å²) >= 11 is 0. The van der Waals surface area contributed by atoms with Gasteiger partial charge in [0.05, 0.1) is 7.11 Å². The van der Waals surface area contributed by atoms with Gasteiger partial charge >= 0.3 is 0 Å². The van der Waals surface area contributed by atoms with Crippen molar-refractivity contribution in [2.24, 2.45) is 0 Å². The Labute approximate surface area is 131 Å². The lowest BCUT2D eigenvalue weighted by Gasteiger charge is -2.09. The number of carbonyl (C=O) groups is 1. The van der Waals surface area contributed by atoms with E-state index in [9.17, 15) is 4.79 Å². The van der Waals surface area contributed by atoms with E-state index >= 15 is 0 Å². The molecule has 0 saturated heterocycles. The average Bonchev–Trinajstić information content (AvgIpc) is 2.47. The summed E-state index contributed by atoms with van der Waals surface area (Å²) in [6, 6.07) is 5.94. The Balaban J connectivity index is 0.00000220. The number of benzene rings is 1. The van der Waals surface area contributed by atoms with Crippen molar-refractivity contribution < 1.29 is 9.53 Å². The highest BCUT2D eigenvalue weighted by molar-refractivity contribution is 5.86. The molecule has 114 valence electrons. The van der Waals surface area contributed by atoms with E-state index in [1.165, 1.54) is 0 Å². The number of fused-ring (bicyclic) bond motifs is 1. The molecule has 0 spiro atoms. The Morgan fingerprint density at radius 1 is 1.33 bits per heavy atom. The molecule has 0 fully saturated rings. The van der Waals surface area contributed by atoms with E-state index in [1.807, 2.05) is 37.5 Å². The molecule has 21 heavy (non-hydrogen) atoms. The lowest BCUT2D eigenvalue weighted by molar-refractivity contribution is -0.121. The monoisotopic (exact) mass is 308 g/mol. The first-order valence-corrected chi connectivity index (χ1v) is 6.92. The minimum Gasteiger partial charge on any atom is -0.497 e. The third-order valence-electron chi connectivity index (χ3n) is 3.24. The Kier molecular flexibility index (Phi) is 6.96. The first-order chi connectivity index (χ1) is 9.74. The maximum absolute atomic E-state index is 11.5. The quantitative estimate of drug-likeness (QED) is 0.892. The van der Waals surface area contributed by atoms with Crippen molar-refractivity contribution in [1.82, 2.24) is 10.3 Å². The van der Waals surface area contributed by atoms with Gasteiger partial charge in [0.25, 0.3) is 0 Å². The molecule has 0 aliphatic rings. The van der Waals surface area contributed by atoms with E-state index in [4.69, 9.17) is 4.74 Å². The molecule has 0 saturated carbocycles. The summed E-state index contributed by atoms with van der Waals surface area (Å²) in [5.74, 6) is 0.943. The maximum atomic E-state index is 11.5. The molecule has 1 heterocycles. The minimum atomic E-state index is 0. The van der Waals surface area contributed by atoms with E-state index in [1.54, 1.807) is 7.11 Å². The topological polar surface area (TPSA) is 51.2 Å². The number of aromatic nitrogens is 1. The summed E-state index contributed by atoms with van der Waals surface area (Å²) in [6.45, 7) is 2.64. The van der Waals surface area contributed by atoms with Gasteiger partial charge in [-0.05, 0) is 42.0 Å². The van der Waals surface area contributed by atoms with Gasteiger partial charge in [0, 0.05) is 30.7 Å². The third-order valence-corrected chi connectivity index (χ3v) is 3.24. The molecule has 0 bridgehead atoms. The zero-order chi connectivity index (χ0) is 14.4.